The van der Waals surface area contributed by atoms with Gasteiger partial charge in [-0.1, -0.05) is 0 Å². The molecule has 8 nitrogen and oxygen atoms in total. The van der Waals surface area contributed by atoms with Crippen LogP contribution in [0.3, 0.4) is 0 Å². The summed E-state index contributed by atoms with van der Waals surface area (Å²) in [6.45, 7) is 0. The van der Waals surface area contributed by atoms with E-state index in [2.05, 4.69) is 20.5 Å². The van der Waals surface area contributed by atoms with Crippen LogP contribution in [0.4, 0.5) is 22.7 Å². The summed E-state index contributed by atoms with van der Waals surface area (Å²) in [6.07, 6.45) is 0. The smallest absolute Gasteiger partial charge is 0.206 e. The normalized spacial score (nSPS) is 11.9. The molecule has 2 N–H and O–H groups in total. The average molecular weight is 458 g/mol. The highest BCUT2D eigenvalue weighted by Crippen LogP contribution is 2.27. The number of azo groups is 2. The first-order chi connectivity index (χ1) is 15.9. The second kappa shape index (κ2) is 9.41. The van der Waals surface area contributed by atoms with Crippen molar-refractivity contribution in [3.05, 3.63) is 97.1 Å². The maximum absolute atomic E-state index is 12.9. The number of hydrogen-bond acceptors (Lipinski definition) is 8. The Labute approximate surface area is 190 Å². The molecule has 4 aromatic carbocycles. The van der Waals surface area contributed by atoms with Gasteiger partial charge in [-0.3, -0.25) is 0 Å². The standard InChI is InChI=1S/C24H18N4O4S/c29-21-9-1-17(2-10-21)25-27-19-5-13-23(14-6-19)33(31,32)24-15-7-20(8-16-24)28-26-18-3-11-22(30)12-4-18/h1-16,29-30H. The zero-order chi connectivity index (χ0) is 23.3. The van der Waals surface area contributed by atoms with Crippen molar-refractivity contribution in [3.63, 3.8) is 0 Å². The number of phenols is 2. The number of hydrogen-bond donors (Lipinski definition) is 2. The largest absolute Gasteiger partial charge is 0.508 e. The van der Waals surface area contributed by atoms with E-state index in [9.17, 15) is 18.6 Å². The molecule has 33 heavy (non-hydrogen) atoms. The molecular formula is C24H18N4O4S. The van der Waals surface area contributed by atoms with E-state index in [-0.39, 0.29) is 21.3 Å². The highest BCUT2D eigenvalue weighted by Gasteiger charge is 2.17. The van der Waals surface area contributed by atoms with Gasteiger partial charge < -0.3 is 10.2 Å². The predicted octanol–water partition coefficient (Wildman–Crippen LogP) is 6.76. The van der Waals surface area contributed by atoms with Gasteiger partial charge >= 0.3 is 0 Å². The van der Waals surface area contributed by atoms with Gasteiger partial charge in [0.2, 0.25) is 9.84 Å². The van der Waals surface area contributed by atoms with Crippen LogP contribution in [0.1, 0.15) is 0 Å². The number of phenolic OH excluding ortho intramolecular Hbond substituents is 2. The lowest BCUT2D eigenvalue weighted by molar-refractivity contribution is 0.475. The van der Waals surface area contributed by atoms with Crippen molar-refractivity contribution in [2.75, 3.05) is 0 Å². The van der Waals surface area contributed by atoms with Crippen LogP contribution in [0, 0.1) is 0 Å². The molecule has 0 fully saturated rings. The molecule has 4 rings (SSSR count). The highest BCUT2D eigenvalue weighted by atomic mass is 32.2. The van der Waals surface area contributed by atoms with Crippen LogP contribution in [0.25, 0.3) is 0 Å². The van der Waals surface area contributed by atoms with Crippen LogP contribution in [-0.2, 0) is 9.84 Å². The molecule has 0 saturated heterocycles. The molecule has 0 heterocycles. The molecule has 0 aliphatic carbocycles. The first kappa shape index (κ1) is 21.8. The van der Waals surface area contributed by atoms with Crippen LogP contribution < -0.4 is 0 Å². The lowest BCUT2D eigenvalue weighted by atomic mass is 10.3. The molecule has 0 unspecified atom stereocenters. The van der Waals surface area contributed by atoms with E-state index >= 15 is 0 Å². The molecule has 0 aliphatic heterocycles. The fraction of sp³-hybridized carbons (Fsp3) is 0. The first-order valence-corrected chi connectivity index (χ1v) is 11.3. The Morgan fingerprint density at radius 3 is 0.939 bits per heavy atom. The number of benzene rings is 4. The van der Waals surface area contributed by atoms with Crippen LogP contribution in [0.15, 0.2) is 127 Å². The number of aromatic hydroxyl groups is 2. The summed E-state index contributed by atoms with van der Waals surface area (Å²) >= 11 is 0. The lowest BCUT2D eigenvalue weighted by Gasteiger charge is -2.05. The molecule has 0 aromatic heterocycles. The van der Waals surface area contributed by atoms with E-state index in [1.54, 1.807) is 48.5 Å². The van der Waals surface area contributed by atoms with Crippen LogP contribution in [-0.4, -0.2) is 18.6 Å². The second-order valence-electron chi connectivity index (χ2n) is 6.92. The molecule has 0 radical (unpaired) electrons. The fourth-order valence-corrected chi connectivity index (χ4v) is 4.05. The molecule has 0 amide bonds. The molecule has 0 saturated carbocycles. The van der Waals surface area contributed by atoms with Gasteiger partial charge in [0, 0.05) is 0 Å². The Morgan fingerprint density at radius 1 is 0.424 bits per heavy atom. The van der Waals surface area contributed by atoms with E-state index in [0.717, 1.165) is 0 Å². The quantitative estimate of drug-likeness (QED) is 0.310. The Morgan fingerprint density at radius 2 is 0.667 bits per heavy atom. The van der Waals surface area contributed by atoms with Crippen molar-refractivity contribution < 1.29 is 18.6 Å². The maximum atomic E-state index is 12.9. The first-order valence-electron chi connectivity index (χ1n) is 9.77. The van der Waals surface area contributed by atoms with Crippen molar-refractivity contribution in [1.29, 1.82) is 0 Å². The van der Waals surface area contributed by atoms with E-state index in [4.69, 9.17) is 0 Å². The third-order valence-corrected chi connectivity index (χ3v) is 6.34. The minimum atomic E-state index is -3.72. The molecule has 0 atom stereocenters. The summed E-state index contributed by atoms with van der Waals surface area (Å²) in [7, 11) is -3.72. The van der Waals surface area contributed by atoms with Crippen molar-refractivity contribution in [2.24, 2.45) is 20.5 Å². The summed E-state index contributed by atoms with van der Waals surface area (Å²) in [4.78, 5) is 0.258. The van der Waals surface area contributed by atoms with Crippen molar-refractivity contribution in [2.45, 2.75) is 9.79 Å². The molecule has 0 aliphatic rings. The fourth-order valence-electron chi connectivity index (χ4n) is 2.79. The summed E-state index contributed by atoms with van der Waals surface area (Å²) in [5, 5.41) is 34.8. The van der Waals surface area contributed by atoms with Crippen LogP contribution >= 0.6 is 0 Å². The molecule has 0 bridgehead atoms. The zero-order valence-electron chi connectivity index (χ0n) is 17.1. The monoisotopic (exact) mass is 458 g/mol. The van der Waals surface area contributed by atoms with E-state index in [0.29, 0.717) is 22.7 Å². The van der Waals surface area contributed by atoms with Crippen molar-refractivity contribution in [1.82, 2.24) is 0 Å². The third-order valence-electron chi connectivity index (χ3n) is 4.56. The van der Waals surface area contributed by atoms with Gasteiger partial charge in [-0.15, -0.1) is 0 Å². The number of nitrogens with zero attached hydrogens (tertiary/aromatic N) is 4. The van der Waals surface area contributed by atoms with E-state index in [1.807, 2.05) is 0 Å². The van der Waals surface area contributed by atoms with Gasteiger partial charge in [0.1, 0.15) is 11.5 Å². The van der Waals surface area contributed by atoms with Gasteiger partial charge in [-0.05, 0) is 97.1 Å². The molecule has 164 valence electrons. The minimum absolute atomic E-state index is 0.129. The Kier molecular flexibility index (Phi) is 6.23. The average Bonchev–Trinajstić information content (AvgIpc) is 2.84. The van der Waals surface area contributed by atoms with E-state index in [1.165, 1.54) is 48.5 Å². The van der Waals surface area contributed by atoms with Crippen LogP contribution in [0.5, 0.6) is 11.5 Å². The second-order valence-corrected chi connectivity index (χ2v) is 8.87. The summed E-state index contributed by atoms with van der Waals surface area (Å²) < 4.78 is 25.8. The molecule has 9 heteroatoms. The SMILES string of the molecule is O=S(=O)(c1ccc(N=Nc2ccc(O)cc2)cc1)c1ccc(N=Nc2ccc(O)cc2)cc1. The van der Waals surface area contributed by atoms with Gasteiger partial charge in [0.15, 0.2) is 0 Å². The van der Waals surface area contributed by atoms with Gasteiger partial charge in [-0.25, -0.2) is 8.42 Å². The Hall–Kier alpha value is -4.37. The maximum Gasteiger partial charge on any atom is 0.206 e. The van der Waals surface area contributed by atoms with E-state index < -0.39 is 9.84 Å². The van der Waals surface area contributed by atoms with Gasteiger partial charge in [-0.2, -0.15) is 20.5 Å². The number of sulfone groups is 1. The van der Waals surface area contributed by atoms with Crippen LogP contribution in [0.2, 0.25) is 0 Å². The Bertz CT molecular complexity index is 1290. The minimum Gasteiger partial charge on any atom is -0.508 e. The van der Waals surface area contributed by atoms with Crippen molar-refractivity contribution >= 4 is 32.6 Å². The predicted molar refractivity (Wildman–Crippen MR) is 123 cm³/mol. The molecule has 0 spiro atoms. The topological polar surface area (TPSA) is 124 Å². The van der Waals surface area contributed by atoms with Crippen molar-refractivity contribution in [3.8, 4) is 11.5 Å². The lowest BCUT2D eigenvalue weighted by Crippen LogP contribution is -2.01. The molecular weight excluding hydrogens is 440 g/mol. The summed E-state index contributed by atoms with van der Waals surface area (Å²) in [6, 6.07) is 24.6. The number of rotatable bonds is 6. The third kappa shape index (κ3) is 5.46. The highest BCUT2D eigenvalue weighted by molar-refractivity contribution is 7.91. The van der Waals surface area contributed by atoms with Gasteiger partial charge in [0.25, 0.3) is 0 Å². The summed E-state index contributed by atoms with van der Waals surface area (Å²) in [5.74, 6) is 0.272. The van der Waals surface area contributed by atoms with Gasteiger partial charge in [0.05, 0.1) is 32.5 Å². The Balaban J connectivity index is 1.47. The molecule has 4 aromatic rings. The summed E-state index contributed by atoms with van der Waals surface area (Å²) in [5.41, 5.74) is 2.11. The zero-order valence-corrected chi connectivity index (χ0v) is 18.0.